The molecule has 11 aromatic carbocycles. The van der Waals surface area contributed by atoms with Gasteiger partial charge >= 0.3 is 0 Å². The lowest BCUT2D eigenvalue weighted by atomic mass is 9.89. The third-order valence-corrected chi connectivity index (χ3v) is 12.1. The predicted molar refractivity (Wildman–Crippen MR) is 261 cm³/mol. The van der Waals surface area contributed by atoms with Gasteiger partial charge in [0.1, 0.15) is 0 Å². The van der Waals surface area contributed by atoms with Crippen LogP contribution in [-0.4, -0.2) is 0 Å². The normalized spacial score (nSPS) is 11.3. The summed E-state index contributed by atoms with van der Waals surface area (Å²) in [5.74, 6) is 0. The SMILES string of the molecule is c1ccc(-c2cc(-c3ccc(N(c4ccc(-c5ccc6ccccc6c5)cc4)c4ccc(-c5cccc6ccccc56)cc4)cc3)ccc2-c2cccc3ccccc23)cc1. The van der Waals surface area contributed by atoms with E-state index in [2.05, 4.69) is 254 Å². The zero-order valence-electron chi connectivity index (χ0n) is 33.6. The summed E-state index contributed by atoms with van der Waals surface area (Å²) >= 11 is 0. The third kappa shape index (κ3) is 6.93. The second-order valence-corrected chi connectivity index (χ2v) is 15.7. The molecule has 0 radical (unpaired) electrons. The highest BCUT2D eigenvalue weighted by atomic mass is 15.1. The number of hydrogen-bond donors (Lipinski definition) is 0. The van der Waals surface area contributed by atoms with Crippen LogP contribution in [0.15, 0.2) is 249 Å². The van der Waals surface area contributed by atoms with Crippen molar-refractivity contribution in [2.45, 2.75) is 0 Å². The van der Waals surface area contributed by atoms with Gasteiger partial charge in [0.25, 0.3) is 0 Å². The molecule has 0 aliphatic carbocycles. The second-order valence-electron chi connectivity index (χ2n) is 15.7. The zero-order chi connectivity index (χ0) is 40.5. The van der Waals surface area contributed by atoms with Crippen LogP contribution in [0, 0.1) is 0 Å². The summed E-state index contributed by atoms with van der Waals surface area (Å²) in [7, 11) is 0. The fourth-order valence-corrected chi connectivity index (χ4v) is 8.96. The van der Waals surface area contributed by atoms with Crippen LogP contribution in [0.3, 0.4) is 0 Å². The molecule has 0 aromatic heterocycles. The molecule has 0 heterocycles. The van der Waals surface area contributed by atoms with E-state index in [9.17, 15) is 0 Å². The van der Waals surface area contributed by atoms with Crippen LogP contribution < -0.4 is 4.90 Å². The molecule has 0 fully saturated rings. The monoisotopic (exact) mass is 775 g/mol. The lowest BCUT2D eigenvalue weighted by Gasteiger charge is -2.26. The Kier molecular flexibility index (Phi) is 9.26. The lowest BCUT2D eigenvalue weighted by molar-refractivity contribution is 1.28. The fraction of sp³-hybridized carbons (Fsp3) is 0. The molecule has 0 bridgehead atoms. The molecule has 0 aliphatic heterocycles. The first-order valence-corrected chi connectivity index (χ1v) is 21.0. The van der Waals surface area contributed by atoms with E-state index in [1.807, 2.05) is 0 Å². The summed E-state index contributed by atoms with van der Waals surface area (Å²) in [4.78, 5) is 2.36. The van der Waals surface area contributed by atoms with Gasteiger partial charge in [0.05, 0.1) is 0 Å². The van der Waals surface area contributed by atoms with Gasteiger partial charge in [0.2, 0.25) is 0 Å². The first-order chi connectivity index (χ1) is 30.2. The maximum Gasteiger partial charge on any atom is 0.0462 e. The minimum Gasteiger partial charge on any atom is -0.311 e. The van der Waals surface area contributed by atoms with Crippen molar-refractivity contribution in [3.8, 4) is 55.6 Å². The molecular formula is C60H41N. The molecule has 1 nitrogen and oxygen atoms in total. The summed E-state index contributed by atoms with van der Waals surface area (Å²) in [5, 5.41) is 7.51. The molecular weight excluding hydrogens is 735 g/mol. The highest BCUT2D eigenvalue weighted by molar-refractivity contribution is 6.01. The molecule has 61 heavy (non-hydrogen) atoms. The number of benzene rings is 11. The standard InChI is InChI=1S/C60H41N/c1-2-13-47(14-3-1)60-41-51(32-39-59(60)58-23-11-19-46-16-7-9-21-57(46)58)44-28-35-53(36-29-44)61(52-33-26-43(27-34-52)50-25-24-42-12-4-5-17-49(42)40-50)54-37-30-48(31-38-54)56-22-10-18-45-15-6-8-20-55(45)56/h1-41H. The first kappa shape index (κ1) is 36.1. The van der Waals surface area contributed by atoms with Gasteiger partial charge in [-0.05, 0) is 136 Å². The predicted octanol–water partition coefficient (Wildman–Crippen LogP) is 17.0. The van der Waals surface area contributed by atoms with Crippen molar-refractivity contribution >= 4 is 49.4 Å². The second kappa shape index (κ2) is 15.6. The Morgan fingerprint density at radius 3 is 1.25 bits per heavy atom. The number of rotatable bonds is 8. The molecule has 0 saturated carbocycles. The fourth-order valence-electron chi connectivity index (χ4n) is 8.96. The van der Waals surface area contributed by atoms with Gasteiger partial charge in [0.15, 0.2) is 0 Å². The van der Waals surface area contributed by atoms with E-state index < -0.39 is 0 Å². The average molecular weight is 776 g/mol. The van der Waals surface area contributed by atoms with Gasteiger partial charge in [-0.25, -0.2) is 0 Å². The van der Waals surface area contributed by atoms with Crippen LogP contribution >= 0.6 is 0 Å². The molecule has 0 aliphatic rings. The minimum atomic E-state index is 1.09. The topological polar surface area (TPSA) is 3.24 Å². The quantitative estimate of drug-likeness (QED) is 0.149. The van der Waals surface area contributed by atoms with Crippen molar-refractivity contribution in [1.82, 2.24) is 0 Å². The van der Waals surface area contributed by atoms with Crippen LogP contribution in [-0.2, 0) is 0 Å². The number of hydrogen-bond acceptors (Lipinski definition) is 1. The van der Waals surface area contributed by atoms with Crippen molar-refractivity contribution in [3.63, 3.8) is 0 Å². The summed E-state index contributed by atoms with van der Waals surface area (Å²) in [6, 6.07) is 90.4. The maximum absolute atomic E-state index is 2.36. The molecule has 0 atom stereocenters. The number of nitrogens with zero attached hydrogens (tertiary/aromatic N) is 1. The zero-order valence-corrected chi connectivity index (χ0v) is 33.6. The van der Waals surface area contributed by atoms with E-state index >= 15 is 0 Å². The van der Waals surface area contributed by atoms with Gasteiger partial charge < -0.3 is 4.90 Å². The van der Waals surface area contributed by atoms with E-state index in [1.54, 1.807) is 0 Å². The van der Waals surface area contributed by atoms with E-state index in [0.29, 0.717) is 0 Å². The Labute approximate surface area is 357 Å². The maximum atomic E-state index is 2.36. The molecule has 11 rings (SSSR count). The van der Waals surface area contributed by atoms with Gasteiger partial charge in [0, 0.05) is 17.1 Å². The summed E-state index contributed by atoms with van der Waals surface area (Å²) in [6.45, 7) is 0. The molecule has 0 amide bonds. The third-order valence-electron chi connectivity index (χ3n) is 12.1. The minimum absolute atomic E-state index is 1.09. The van der Waals surface area contributed by atoms with Crippen LogP contribution in [0.2, 0.25) is 0 Å². The Balaban J connectivity index is 0.982. The van der Waals surface area contributed by atoms with E-state index in [4.69, 9.17) is 0 Å². The van der Waals surface area contributed by atoms with Crippen molar-refractivity contribution in [3.05, 3.63) is 249 Å². The Hall–Kier alpha value is -8.00. The highest BCUT2D eigenvalue weighted by Gasteiger charge is 2.16. The smallest absolute Gasteiger partial charge is 0.0462 e. The van der Waals surface area contributed by atoms with Crippen LogP contribution in [0.5, 0.6) is 0 Å². The highest BCUT2D eigenvalue weighted by Crippen LogP contribution is 2.41. The van der Waals surface area contributed by atoms with Crippen molar-refractivity contribution in [1.29, 1.82) is 0 Å². The molecule has 11 aromatic rings. The Morgan fingerprint density at radius 2 is 0.623 bits per heavy atom. The summed E-state index contributed by atoms with van der Waals surface area (Å²) in [6.07, 6.45) is 0. The molecule has 286 valence electrons. The lowest BCUT2D eigenvalue weighted by Crippen LogP contribution is -2.09. The van der Waals surface area contributed by atoms with E-state index in [0.717, 1.165) is 17.1 Å². The van der Waals surface area contributed by atoms with Gasteiger partial charge in [-0.2, -0.15) is 0 Å². The Bertz CT molecular complexity index is 3320. The largest absolute Gasteiger partial charge is 0.311 e. The summed E-state index contributed by atoms with van der Waals surface area (Å²) in [5.41, 5.74) is 15.4. The van der Waals surface area contributed by atoms with E-state index in [-0.39, 0.29) is 0 Å². The number of anilines is 3. The molecule has 1 heteroatoms. The van der Waals surface area contributed by atoms with Crippen LogP contribution in [0.1, 0.15) is 0 Å². The first-order valence-electron chi connectivity index (χ1n) is 21.0. The number of fused-ring (bicyclic) bond motifs is 3. The van der Waals surface area contributed by atoms with Crippen molar-refractivity contribution < 1.29 is 0 Å². The average Bonchev–Trinajstić information content (AvgIpc) is 3.34. The van der Waals surface area contributed by atoms with Gasteiger partial charge in [-0.15, -0.1) is 0 Å². The Morgan fingerprint density at radius 1 is 0.197 bits per heavy atom. The van der Waals surface area contributed by atoms with Crippen molar-refractivity contribution in [2.24, 2.45) is 0 Å². The molecule has 0 saturated heterocycles. The summed E-state index contributed by atoms with van der Waals surface area (Å²) < 4.78 is 0. The molecule has 0 spiro atoms. The van der Waals surface area contributed by atoms with Crippen LogP contribution in [0.25, 0.3) is 88.0 Å². The van der Waals surface area contributed by atoms with Gasteiger partial charge in [-0.1, -0.05) is 200 Å². The van der Waals surface area contributed by atoms with Crippen LogP contribution in [0.4, 0.5) is 17.1 Å². The molecule has 0 unspecified atom stereocenters. The van der Waals surface area contributed by atoms with Gasteiger partial charge in [-0.3, -0.25) is 0 Å². The van der Waals surface area contributed by atoms with E-state index in [1.165, 1.54) is 88.0 Å². The molecule has 0 N–H and O–H groups in total. The van der Waals surface area contributed by atoms with Crippen molar-refractivity contribution in [2.75, 3.05) is 4.90 Å².